The van der Waals surface area contributed by atoms with E-state index >= 15 is 0 Å². The normalized spacial score (nSPS) is 13.5. The molecule has 1 aliphatic rings. The summed E-state index contributed by atoms with van der Waals surface area (Å²) in [5, 5.41) is 10.3. The lowest BCUT2D eigenvalue weighted by atomic mass is 9.81. The molecule has 43 heavy (non-hydrogen) atoms. The summed E-state index contributed by atoms with van der Waals surface area (Å²) in [4.78, 5) is 0. The van der Waals surface area contributed by atoms with Crippen molar-refractivity contribution in [3.8, 4) is 33.4 Å². The van der Waals surface area contributed by atoms with Crippen LogP contribution < -0.4 is 0 Å². The third-order valence-corrected chi connectivity index (χ3v) is 9.82. The molecule has 0 bridgehead atoms. The van der Waals surface area contributed by atoms with E-state index in [0.717, 1.165) is 0 Å². The van der Waals surface area contributed by atoms with Gasteiger partial charge in [0.2, 0.25) is 0 Å². The molecule has 0 radical (unpaired) electrons. The van der Waals surface area contributed by atoms with Crippen LogP contribution in [0.15, 0.2) is 146 Å². The zero-order chi connectivity index (χ0) is 28.7. The molecule has 0 heteroatoms. The van der Waals surface area contributed by atoms with Gasteiger partial charge in [-0.1, -0.05) is 147 Å². The smallest absolute Gasteiger partial charge is 0.0159 e. The Hall–Kier alpha value is -5.20. The molecule has 8 aromatic rings. The van der Waals surface area contributed by atoms with Crippen LogP contribution in [-0.2, 0) is 5.41 Å². The van der Waals surface area contributed by atoms with Crippen LogP contribution in [0.5, 0.6) is 0 Å². The number of fused-ring (bicyclic) bond motifs is 8. The Labute approximate surface area is 251 Å². The first kappa shape index (κ1) is 24.4. The molecule has 1 aliphatic carbocycles. The van der Waals surface area contributed by atoms with Gasteiger partial charge in [-0.05, 0) is 99.7 Å². The Morgan fingerprint density at radius 2 is 0.814 bits per heavy atom. The fraction of sp³-hybridized carbons (Fsp3) is 0.0698. The predicted octanol–water partition coefficient (Wildman–Crippen LogP) is 11.9. The molecule has 0 spiro atoms. The monoisotopic (exact) mass is 546 g/mol. The Balaban J connectivity index is 1.36. The van der Waals surface area contributed by atoms with Gasteiger partial charge in [-0.25, -0.2) is 0 Å². The van der Waals surface area contributed by atoms with Crippen molar-refractivity contribution < 1.29 is 0 Å². The van der Waals surface area contributed by atoms with Crippen LogP contribution in [0.2, 0.25) is 0 Å². The molecule has 0 unspecified atom stereocenters. The SMILES string of the molecule is CC1(C)c2ccc(-c3c4ccccc4c(-c4ccc5ccccc5c4)c4ccccc34)cc2-c2c1ccc1ccccc21. The van der Waals surface area contributed by atoms with Gasteiger partial charge in [-0.2, -0.15) is 0 Å². The second-order valence-corrected chi connectivity index (χ2v) is 12.5. The maximum Gasteiger partial charge on any atom is 0.0159 e. The third kappa shape index (κ3) is 3.44. The fourth-order valence-corrected chi connectivity index (χ4v) is 7.77. The summed E-state index contributed by atoms with van der Waals surface area (Å²) in [6.45, 7) is 4.74. The Morgan fingerprint density at radius 1 is 0.349 bits per heavy atom. The lowest BCUT2D eigenvalue weighted by molar-refractivity contribution is 0.661. The number of hydrogen-bond acceptors (Lipinski definition) is 0. The molecule has 0 fully saturated rings. The molecule has 9 rings (SSSR count). The summed E-state index contributed by atoms with van der Waals surface area (Å²) in [5.74, 6) is 0. The van der Waals surface area contributed by atoms with Crippen LogP contribution in [0, 0.1) is 0 Å². The highest BCUT2D eigenvalue weighted by atomic mass is 14.4. The topological polar surface area (TPSA) is 0 Å². The van der Waals surface area contributed by atoms with E-state index in [1.165, 1.54) is 87.6 Å². The average Bonchev–Trinajstić information content (AvgIpc) is 3.29. The van der Waals surface area contributed by atoms with Gasteiger partial charge in [0.15, 0.2) is 0 Å². The highest BCUT2D eigenvalue weighted by Crippen LogP contribution is 2.53. The first-order chi connectivity index (χ1) is 21.1. The van der Waals surface area contributed by atoms with Crippen molar-refractivity contribution in [2.75, 3.05) is 0 Å². The standard InChI is InChI=1S/C43H30/c1-43(2)38-23-22-31(26-37(38)42-32-14-6-5-12-28(32)21-24-39(42)43)41-35-17-9-7-15-33(35)40(34-16-8-10-18-36(34)41)30-20-19-27-11-3-4-13-29(27)25-30/h3-26H,1-2H3. The third-order valence-electron chi connectivity index (χ3n) is 9.82. The second-order valence-electron chi connectivity index (χ2n) is 12.5. The molecule has 8 aromatic carbocycles. The van der Waals surface area contributed by atoms with Crippen LogP contribution in [0.25, 0.3) is 76.5 Å². The van der Waals surface area contributed by atoms with Gasteiger partial charge < -0.3 is 0 Å². The lowest BCUT2D eigenvalue weighted by Gasteiger charge is -2.22. The average molecular weight is 547 g/mol. The zero-order valence-corrected chi connectivity index (χ0v) is 24.4. The zero-order valence-electron chi connectivity index (χ0n) is 24.4. The Kier molecular flexibility index (Phi) is 5.05. The maximum absolute atomic E-state index is 2.47. The molecular weight excluding hydrogens is 516 g/mol. The highest BCUT2D eigenvalue weighted by Gasteiger charge is 2.36. The van der Waals surface area contributed by atoms with Gasteiger partial charge in [-0.15, -0.1) is 0 Å². The minimum atomic E-state index is -0.0443. The first-order valence-electron chi connectivity index (χ1n) is 15.2. The second kappa shape index (κ2) is 8.90. The number of benzene rings is 8. The molecule has 0 aromatic heterocycles. The van der Waals surface area contributed by atoms with Crippen molar-refractivity contribution >= 4 is 43.1 Å². The molecule has 0 saturated heterocycles. The van der Waals surface area contributed by atoms with Crippen molar-refractivity contribution in [1.29, 1.82) is 0 Å². The van der Waals surface area contributed by atoms with Crippen LogP contribution in [0.3, 0.4) is 0 Å². The van der Waals surface area contributed by atoms with Gasteiger partial charge in [0, 0.05) is 5.41 Å². The first-order valence-corrected chi connectivity index (χ1v) is 15.2. The molecule has 0 amide bonds. The van der Waals surface area contributed by atoms with Gasteiger partial charge in [-0.3, -0.25) is 0 Å². The summed E-state index contributed by atoms with van der Waals surface area (Å²) in [7, 11) is 0. The largest absolute Gasteiger partial charge is 0.0616 e. The summed E-state index contributed by atoms with van der Waals surface area (Å²) in [6, 6.07) is 54.2. The van der Waals surface area contributed by atoms with E-state index in [1.54, 1.807) is 0 Å². The molecular formula is C43H30. The molecule has 0 heterocycles. The van der Waals surface area contributed by atoms with Crippen LogP contribution in [-0.4, -0.2) is 0 Å². The maximum atomic E-state index is 2.47. The van der Waals surface area contributed by atoms with Crippen LogP contribution >= 0.6 is 0 Å². The van der Waals surface area contributed by atoms with Crippen molar-refractivity contribution in [3.05, 3.63) is 157 Å². The minimum absolute atomic E-state index is 0.0443. The van der Waals surface area contributed by atoms with Gasteiger partial charge >= 0.3 is 0 Å². The summed E-state index contributed by atoms with van der Waals surface area (Å²) < 4.78 is 0. The van der Waals surface area contributed by atoms with E-state index in [2.05, 4.69) is 159 Å². The number of hydrogen-bond donors (Lipinski definition) is 0. The van der Waals surface area contributed by atoms with Crippen molar-refractivity contribution in [3.63, 3.8) is 0 Å². The van der Waals surface area contributed by atoms with E-state index in [0.29, 0.717) is 0 Å². The van der Waals surface area contributed by atoms with E-state index in [-0.39, 0.29) is 5.41 Å². The van der Waals surface area contributed by atoms with Crippen LogP contribution in [0.4, 0.5) is 0 Å². The van der Waals surface area contributed by atoms with E-state index < -0.39 is 0 Å². The predicted molar refractivity (Wildman–Crippen MR) is 185 cm³/mol. The Bertz CT molecular complexity index is 2360. The number of rotatable bonds is 2. The van der Waals surface area contributed by atoms with Crippen molar-refractivity contribution in [2.24, 2.45) is 0 Å². The minimum Gasteiger partial charge on any atom is -0.0616 e. The van der Waals surface area contributed by atoms with Gasteiger partial charge in [0.1, 0.15) is 0 Å². The van der Waals surface area contributed by atoms with Gasteiger partial charge in [0.25, 0.3) is 0 Å². The van der Waals surface area contributed by atoms with E-state index in [1.807, 2.05) is 0 Å². The summed E-state index contributed by atoms with van der Waals surface area (Å²) in [5.41, 5.74) is 10.7. The van der Waals surface area contributed by atoms with E-state index in [9.17, 15) is 0 Å². The molecule has 0 nitrogen and oxygen atoms in total. The lowest BCUT2D eigenvalue weighted by Crippen LogP contribution is -2.14. The highest BCUT2D eigenvalue weighted by molar-refractivity contribution is 6.22. The van der Waals surface area contributed by atoms with Crippen LogP contribution in [0.1, 0.15) is 25.0 Å². The summed E-state index contributed by atoms with van der Waals surface area (Å²) >= 11 is 0. The Morgan fingerprint density at radius 3 is 1.47 bits per heavy atom. The quantitative estimate of drug-likeness (QED) is 0.189. The molecule has 0 N–H and O–H groups in total. The molecule has 0 aliphatic heterocycles. The molecule has 0 atom stereocenters. The van der Waals surface area contributed by atoms with E-state index in [4.69, 9.17) is 0 Å². The fourth-order valence-electron chi connectivity index (χ4n) is 7.77. The van der Waals surface area contributed by atoms with Crippen molar-refractivity contribution in [2.45, 2.75) is 19.3 Å². The van der Waals surface area contributed by atoms with Crippen molar-refractivity contribution in [1.82, 2.24) is 0 Å². The van der Waals surface area contributed by atoms with Gasteiger partial charge in [0.05, 0.1) is 0 Å². The molecule has 202 valence electrons. The summed E-state index contributed by atoms with van der Waals surface area (Å²) in [6.07, 6.45) is 0. The molecule has 0 saturated carbocycles.